The zero-order valence-electron chi connectivity index (χ0n) is 17.2. The summed E-state index contributed by atoms with van der Waals surface area (Å²) in [5.74, 6) is 2.41. The van der Waals surface area contributed by atoms with E-state index >= 15 is 0 Å². The third-order valence-corrected chi connectivity index (χ3v) is 6.06. The highest BCUT2D eigenvalue weighted by atomic mass is 32.2. The van der Waals surface area contributed by atoms with Crippen LogP contribution in [-0.4, -0.2) is 32.9 Å². The molecule has 0 aliphatic carbocycles. The Labute approximate surface area is 175 Å². The molecular formula is C21H27N5O2S. The van der Waals surface area contributed by atoms with Gasteiger partial charge in [-0.2, -0.15) is 0 Å². The van der Waals surface area contributed by atoms with Gasteiger partial charge in [0.1, 0.15) is 6.33 Å². The average Bonchev–Trinajstić information content (AvgIpc) is 3.32. The van der Waals surface area contributed by atoms with Crippen molar-refractivity contribution in [2.75, 3.05) is 18.7 Å². The molecule has 1 aliphatic rings. The number of hydrogen-bond donors (Lipinski definition) is 1. The monoisotopic (exact) mass is 413 g/mol. The summed E-state index contributed by atoms with van der Waals surface area (Å²) in [7, 11) is 0. The molecule has 0 fully saturated rings. The van der Waals surface area contributed by atoms with Gasteiger partial charge in [-0.15, -0.1) is 0 Å². The van der Waals surface area contributed by atoms with E-state index in [-0.39, 0.29) is 6.79 Å². The molecule has 0 saturated carbocycles. The van der Waals surface area contributed by atoms with Gasteiger partial charge < -0.3 is 19.4 Å². The van der Waals surface area contributed by atoms with E-state index in [0.29, 0.717) is 0 Å². The summed E-state index contributed by atoms with van der Waals surface area (Å²) in [5, 5.41) is 4.24. The van der Waals surface area contributed by atoms with Crippen molar-refractivity contribution in [1.29, 1.82) is 0 Å². The lowest BCUT2D eigenvalue weighted by molar-refractivity contribution is 0.174. The van der Waals surface area contributed by atoms with Crippen molar-refractivity contribution in [3.63, 3.8) is 0 Å². The molecule has 0 saturated heterocycles. The summed E-state index contributed by atoms with van der Waals surface area (Å²) >= 11 is 1.66. The molecule has 1 aromatic carbocycles. The highest BCUT2D eigenvalue weighted by molar-refractivity contribution is 7.99. The van der Waals surface area contributed by atoms with E-state index in [2.05, 4.69) is 52.8 Å². The summed E-state index contributed by atoms with van der Waals surface area (Å²) in [6, 6.07) is 4.15. The van der Waals surface area contributed by atoms with Crippen molar-refractivity contribution in [2.45, 2.75) is 63.1 Å². The molecule has 154 valence electrons. The molecule has 29 heavy (non-hydrogen) atoms. The van der Waals surface area contributed by atoms with Gasteiger partial charge in [0.25, 0.3) is 0 Å². The van der Waals surface area contributed by atoms with Crippen LogP contribution in [0.15, 0.2) is 28.5 Å². The number of hydrogen-bond acceptors (Lipinski definition) is 7. The van der Waals surface area contributed by atoms with E-state index in [1.54, 1.807) is 18.1 Å². The molecule has 3 aromatic rings. The smallest absolute Gasteiger partial charge is 0.231 e. The fraction of sp³-hybridized carbons (Fsp3) is 0.476. The summed E-state index contributed by atoms with van der Waals surface area (Å²) in [6.07, 6.45) is 5.98. The van der Waals surface area contributed by atoms with Crippen LogP contribution >= 0.6 is 11.8 Å². The number of nitrogens with zero attached hydrogens (tertiary/aromatic N) is 4. The number of unbranched alkanes of at least 4 members (excludes halogenated alkanes) is 2. The highest BCUT2D eigenvalue weighted by Crippen LogP contribution is 2.41. The van der Waals surface area contributed by atoms with Crippen molar-refractivity contribution in [3.8, 4) is 11.5 Å². The van der Waals surface area contributed by atoms with E-state index in [4.69, 9.17) is 14.5 Å². The second-order valence-electron chi connectivity index (χ2n) is 6.95. The minimum Gasteiger partial charge on any atom is -0.454 e. The van der Waals surface area contributed by atoms with Gasteiger partial charge in [0.15, 0.2) is 33.6 Å². The van der Waals surface area contributed by atoms with Crippen molar-refractivity contribution in [2.24, 2.45) is 0 Å². The van der Waals surface area contributed by atoms with Crippen LogP contribution < -0.4 is 14.8 Å². The number of nitrogens with one attached hydrogen (secondary N) is 1. The van der Waals surface area contributed by atoms with Crippen LogP contribution in [0.25, 0.3) is 11.2 Å². The van der Waals surface area contributed by atoms with Gasteiger partial charge in [0.05, 0.1) is 0 Å². The largest absolute Gasteiger partial charge is 0.454 e. The third-order valence-electron chi connectivity index (χ3n) is 4.96. The first-order chi connectivity index (χ1) is 14.2. The zero-order valence-corrected chi connectivity index (χ0v) is 18.0. The first kappa shape index (κ1) is 19.8. The number of aromatic nitrogens is 4. The fourth-order valence-corrected chi connectivity index (χ4v) is 4.57. The number of benzene rings is 1. The first-order valence-corrected chi connectivity index (χ1v) is 11.1. The summed E-state index contributed by atoms with van der Waals surface area (Å²) in [6.45, 7) is 8.39. The number of aryl methyl sites for hydroxylation is 2. The first-order valence-electron chi connectivity index (χ1n) is 10.3. The van der Waals surface area contributed by atoms with Crippen LogP contribution in [0.5, 0.6) is 11.5 Å². The Balaban J connectivity index is 1.76. The predicted octanol–water partition coefficient (Wildman–Crippen LogP) is 4.89. The van der Waals surface area contributed by atoms with Crippen LogP contribution in [0.4, 0.5) is 5.82 Å². The van der Waals surface area contributed by atoms with Crippen molar-refractivity contribution >= 4 is 28.7 Å². The van der Waals surface area contributed by atoms with Gasteiger partial charge in [-0.05, 0) is 37.5 Å². The Morgan fingerprint density at radius 2 is 1.93 bits per heavy atom. The summed E-state index contributed by atoms with van der Waals surface area (Å²) in [4.78, 5) is 15.0. The molecule has 1 N–H and O–H groups in total. The van der Waals surface area contributed by atoms with Crippen LogP contribution in [0.3, 0.4) is 0 Å². The van der Waals surface area contributed by atoms with Gasteiger partial charge in [-0.25, -0.2) is 15.0 Å². The van der Waals surface area contributed by atoms with E-state index in [0.717, 1.165) is 64.5 Å². The van der Waals surface area contributed by atoms with Crippen molar-refractivity contribution in [1.82, 2.24) is 19.5 Å². The minimum absolute atomic E-state index is 0.282. The molecular weight excluding hydrogens is 386 g/mol. The summed E-state index contributed by atoms with van der Waals surface area (Å²) < 4.78 is 13.4. The minimum atomic E-state index is 0.282. The molecule has 0 spiro atoms. The molecule has 4 rings (SSSR count). The SMILES string of the molecule is CCCCCn1c(Sc2cc3c(cc2CC)OCO3)nc2c(NCC)ncnc21. The maximum Gasteiger partial charge on any atom is 0.231 e. The second-order valence-corrected chi connectivity index (χ2v) is 7.96. The van der Waals surface area contributed by atoms with E-state index < -0.39 is 0 Å². The van der Waals surface area contributed by atoms with Crippen molar-refractivity contribution in [3.05, 3.63) is 24.0 Å². The standard InChI is InChI=1S/C21H27N5O2S/c1-4-7-8-9-26-20-18(19(22-6-3)23-12-24-20)25-21(26)29-17-11-16-15(27-13-28-16)10-14(17)5-2/h10-12H,4-9,13H2,1-3H3,(H,22,23,24). The highest BCUT2D eigenvalue weighted by Gasteiger charge is 2.21. The van der Waals surface area contributed by atoms with Gasteiger partial charge in [0, 0.05) is 18.0 Å². The molecule has 3 heterocycles. The lowest BCUT2D eigenvalue weighted by Gasteiger charge is -2.11. The lowest BCUT2D eigenvalue weighted by Crippen LogP contribution is -2.03. The van der Waals surface area contributed by atoms with Crippen LogP contribution in [0.2, 0.25) is 0 Å². The Morgan fingerprint density at radius 1 is 1.10 bits per heavy atom. The predicted molar refractivity (Wildman–Crippen MR) is 115 cm³/mol. The number of fused-ring (bicyclic) bond motifs is 2. The van der Waals surface area contributed by atoms with Gasteiger partial charge in [0.2, 0.25) is 6.79 Å². The maximum absolute atomic E-state index is 5.60. The zero-order chi connectivity index (χ0) is 20.2. The summed E-state index contributed by atoms with van der Waals surface area (Å²) in [5.41, 5.74) is 2.94. The fourth-order valence-electron chi connectivity index (χ4n) is 3.45. The van der Waals surface area contributed by atoms with Crippen LogP contribution in [0.1, 0.15) is 45.6 Å². The Bertz CT molecular complexity index is 1000. The third kappa shape index (κ3) is 3.99. The van der Waals surface area contributed by atoms with E-state index in [1.165, 1.54) is 18.4 Å². The van der Waals surface area contributed by atoms with Crippen molar-refractivity contribution < 1.29 is 9.47 Å². The molecule has 0 amide bonds. The molecule has 2 aromatic heterocycles. The second kappa shape index (κ2) is 8.90. The Hall–Kier alpha value is -2.48. The molecule has 1 aliphatic heterocycles. The normalized spacial score (nSPS) is 12.7. The van der Waals surface area contributed by atoms with Gasteiger partial charge >= 0.3 is 0 Å². The number of anilines is 1. The van der Waals surface area contributed by atoms with Gasteiger partial charge in [-0.1, -0.05) is 38.5 Å². The maximum atomic E-state index is 5.60. The molecule has 8 heteroatoms. The lowest BCUT2D eigenvalue weighted by atomic mass is 10.1. The molecule has 0 bridgehead atoms. The Kier molecular flexibility index (Phi) is 6.08. The number of imidazole rings is 1. The molecule has 0 radical (unpaired) electrons. The molecule has 7 nitrogen and oxygen atoms in total. The number of ether oxygens (including phenoxy) is 2. The molecule has 0 unspecified atom stereocenters. The van der Waals surface area contributed by atoms with Crippen LogP contribution in [0, 0.1) is 0 Å². The topological polar surface area (TPSA) is 74.1 Å². The molecule has 0 atom stereocenters. The Morgan fingerprint density at radius 3 is 2.69 bits per heavy atom. The van der Waals surface area contributed by atoms with Gasteiger partial charge in [-0.3, -0.25) is 0 Å². The number of rotatable bonds is 9. The van der Waals surface area contributed by atoms with E-state index in [9.17, 15) is 0 Å². The van der Waals surface area contributed by atoms with E-state index in [1.807, 2.05) is 0 Å². The quantitative estimate of drug-likeness (QED) is 0.501. The van der Waals surface area contributed by atoms with Crippen LogP contribution in [-0.2, 0) is 13.0 Å². The average molecular weight is 414 g/mol.